The number of carbonyl (C=O) groups is 1. The molecule has 0 spiro atoms. The van der Waals surface area contributed by atoms with Crippen LogP contribution in [0.1, 0.15) is 17.5 Å². The van der Waals surface area contributed by atoms with Crippen molar-refractivity contribution in [2.75, 3.05) is 0 Å². The minimum Gasteiger partial charge on any atom is -0.481 e. The number of carboxylic acids is 1. The first-order valence-corrected chi connectivity index (χ1v) is 6.66. The fourth-order valence-corrected chi connectivity index (χ4v) is 2.49. The van der Waals surface area contributed by atoms with Gasteiger partial charge in [0.05, 0.1) is 6.42 Å². The molecule has 0 atom stereocenters. The van der Waals surface area contributed by atoms with E-state index in [0.29, 0.717) is 12.8 Å². The predicted molar refractivity (Wildman–Crippen MR) is 79.5 cm³/mol. The molecule has 3 N–H and O–H groups in total. The Kier molecular flexibility index (Phi) is 4.53. The number of carboxylic acid groups (broad SMARTS) is 1. The molecule has 0 aromatic heterocycles. The van der Waals surface area contributed by atoms with Crippen LogP contribution >= 0.6 is 0 Å². The summed E-state index contributed by atoms with van der Waals surface area (Å²) in [5.41, 5.74) is 7.74. The summed E-state index contributed by atoms with van der Waals surface area (Å²) in [5.74, 6) is -0.862. The molecule has 0 fully saturated rings. The molecule has 0 heterocycles. The third-order valence-electron chi connectivity index (χ3n) is 3.30. The Labute approximate surface area is 119 Å². The van der Waals surface area contributed by atoms with Crippen molar-refractivity contribution in [2.24, 2.45) is 5.73 Å². The summed E-state index contributed by atoms with van der Waals surface area (Å²) in [6.45, 7) is 0. The highest BCUT2D eigenvalue weighted by Gasteiger charge is 2.28. The van der Waals surface area contributed by atoms with Crippen LogP contribution in [0.3, 0.4) is 0 Å². The van der Waals surface area contributed by atoms with Gasteiger partial charge in [0.2, 0.25) is 0 Å². The Morgan fingerprint density at radius 1 is 0.900 bits per heavy atom. The monoisotopic (exact) mass is 269 g/mol. The van der Waals surface area contributed by atoms with E-state index in [2.05, 4.69) is 0 Å². The molecule has 20 heavy (non-hydrogen) atoms. The summed E-state index contributed by atoms with van der Waals surface area (Å²) in [6.07, 6.45) is 1.06. The Balaban J connectivity index is 2.19. The van der Waals surface area contributed by atoms with Crippen LogP contribution in [-0.4, -0.2) is 16.6 Å². The fourth-order valence-electron chi connectivity index (χ4n) is 2.49. The second-order valence-corrected chi connectivity index (χ2v) is 5.26. The van der Waals surface area contributed by atoms with Gasteiger partial charge in [0, 0.05) is 5.54 Å². The zero-order chi connectivity index (χ0) is 14.4. The molecular formula is C17H19NO2. The third-order valence-corrected chi connectivity index (χ3v) is 3.30. The van der Waals surface area contributed by atoms with Crippen LogP contribution in [0.4, 0.5) is 0 Å². The average molecular weight is 269 g/mol. The van der Waals surface area contributed by atoms with E-state index in [4.69, 9.17) is 10.8 Å². The van der Waals surface area contributed by atoms with E-state index >= 15 is 0 Å². The SMILES string of the molecule is NC(CC(=O)O)(Cc1ccccc1)Cc1ccccc1. The standard InChI is InChI=1S/C17H19NO2/c18-17(13-16(19)20,11-14-7-3-1-4-8-14)12-15-9-5-2-6-10-15/h1-10H,11-13,18H2,(H,19,20). The zero-order valence-electron chi connectivity index (χ0n) is 11.3. The van der Waals surface area contributed by atoms with Crippen LogP contribution in [0.2, 0.25) is 0 Å². The first-order chi connectivity index (χ1) is 9.57. The third kappa shape index (κ3) is 4.21. The molecule has 0 aliphatic rings. The fraction of sp³-hybridized carbons (Fsp3) is 0.235. The Morgan fingerprint density at radius 3 is 1.65 bits per heavy atom. The van der Waals surface area contributed by atoms with Gasteiger partial charge in [-0.25, -0.2) is 0 Å². The van der Waals surface area contributed by atoms with Crippen molar-refractivity contribution in [3.05, 3.63) is 71.8 Å². The lowest BCUT2D eigenvalue weighted by Crippen LogP contribution is -2.46. The highest BCUT2D eigenvalue weighted by atomic mass is 16.4. The minimum atomic E-state index is -0.862. The van der Waals surface area contributed by atoms with E-state index < -0.39 is 11.5 Å². The van der Waals surface area contributed by atoms with Crippen LogP contribution in [0, 0.1) is 0 Å². The van der Waals surface area contributed by atoms with E-state index in [1.165, 1.54) is 0 Å². The first kappa shape index (κ1) is 14.3. The lowest BCUT2D eigenvalue weighted by Gasteiger charge is -2.28. The molecular weight excluding hydrogens is 250 g/mol. The minimum absolute atomic E-state index is 0.0449. The number of rotatable bonds is 6. The summed E-state index contributed by atoms with van der Waals surface area (Å²) in [7, 11) is 0. The van der Waals surface area contributed by atoms with Gasteiger partial charge >= 0.3 is 5.97 Å². The molecule has 3 heteroatoms. The van der Waals surface area contributed by atoms with Crippen molar-refractivity contribution >= 4 is 5.97 Å². The molecule has 0 saturated carbocycles. The molecule has 2 aromatic rings. The second kappa shape index (κ2) is 6.35. The van der Waals surface area contributed by atoms with E-state index in [0.717, 1.165) is 11.1 Å². The van der Waals surface area contributed by atoms with E-state index in [-0.39, 0.29) is 6.42 Å². The molecule has 2 aromatic carbocycles. The lowest BCUT2D eigenvalue weighted by atomic mass is 9.83. The smallest absolute Gasteiger partial charge is 0.305 e. The van der Waals surface area contributed by atoms with Crippen LogP contribution in [0.25, 0.3) is 0 Å². The molecule has 0 aliphatic heterocycles. The van der Waals surface area contributed by atoms with Gasteiger partial charge < -0.3 is 10.8 Å². The molecule has 2 rings (SSSR count). The van der Waals surface area contributed by atoms with Crippen molar-refractivity contribution in [1.82, 2.24) is 0 Å². The number of benzene rings is 2. The van der Waals surface area contributed by atoms with E-state index in [1.54, 1.807) is 0 Å². The normalized spacial score (nSPS) is 11.2. The van der Waals surface area contributed by atoms with Gasteiger partial charge in [-0.3, -0.25) is 4.79 Å². The second-order valence-electron chi connectivity index (χ2n) is 5.26. The predicted octanol–water partition coefficient (Wildman–Crippen LogP) is 2.64. The van der Waals surface area contributed by atoms with Gasteiger partial charge in [-0.2, -0.15) is 0 Å². The van der Waals surface area contributed by atoms with Crippen molar-refractivity contribution in [3.63, 3.8) is 0 Å². The largest absolute Gasteiger partial charge is 0.481 e. The van der Waals surface area contributed by atoms with Crippen molar-refractivity contribution < 1.29 is 9.90 Å². The molecule has 0 bridgehead atoms. The van der Waals surface area contributed by atoms with Gasteiger partial charge in [0.15, 0.2) is 0 Å². The Bertz CT molecular complexity index is 510. The summed E-state index contributed by atoms with van der Waals surface area (Å²) in [4.78, 5) is 11.1. The van der Waals surface area contributed by atoms with Crippen LogP contribution in [-0.2, 0) is 17.6 Å². The zero-order valence-corrected chi connectivity index (χ0v) is 11.3. The molecule has 0 aliphatic carbocycles. The highest BCUT2D eigenvalue weighted by molar-refractivity contribution is 5.68. The molecule has 104 valence electrons. The van der Waals surface area contributed by atoms with Crippen LogP contribution in [0.5, 0.6) is 0 Å². The molecule has 0 saturated heterocycles. The highest BCUT2D eigenvalue weighted by Crippen LogP contribution is 2.20. The molecule has 0 radical (unpaired) electrons. The molecule has 3 nitrogen and oxygen atoms in total. The summed E-state index contributed by atoms with van der Waals surface area (Å²) < 4.78 is 0. The van der Waals surface area contributed by atoms with Crippen molar-refractivity contribution in [3.8, 4) is 0 Å². The number of hydrogen-bond acceptors (Lipinski definition) is 2. The summed E-state index contributed by atoms with van der Waals surface area (Å²) in [5, 5.41) is 9.13. The average Bonchev–Trinajstić information content (AvgIpc) is 2.39. The molecule has 0 unspecified atom stereocenters. The quantitative estimate of drug-likeness (QED) is 0.847. The van der Waals surface area contributed by atoms with E-state index in [9.17, 15) is 4.79 Å². The number of aliphatic carboxylic acids is 1. The van der Waals surface area contributed by atoms with Gasteiger partial charge in [-0.1, -0.05) is 60.7 Å². The maximum Gasteiger partial charge on any atom is 0.305 e. The maximum atomic E-state index is 11.1. The van der Waals surface area contributed by atoms with Gasteiger partial charge in [0.25, 0.3) is 0 Å². The topological polar surface area (TPSA) is 63.3 Å². The van der Waals surface area contributed by atoms with Crippen LogP contribution in [0.15, 0.2) is 60.7 Å². The summed E-state index contributed by atoms with van der Waals surface area (Å²) >= 11 is 0. The van der Waals surface area contributed by atoms with Gasteiger partial charge in [0.1, 0.15) is 0 Å². The summed E-state index contributed by atoms with van der Waals surface area (Å²) in [6, 6.07) is 19.6. The Morgan fingerprint density at radius 2 is 1.30 bits per heavy atom. The lowest BCUT2D eigenvalue weighted by molar-refractivity contribution is -0.138. The molecule has 0 amide bonds. The van der Waals surface area contributed by atoms with Crippen LogP contribution < -0.4 is 5.73 Å². The Hall–Kier alpha value is -2.13. The van der Waals surface area contributed by atoms with Crippen molar-refractivity contribution in [2.45, 2.75) is 24.8 Å². The number of hydrogen-bond donors (Lipinski definition) is 2. The first-order valence-electron chi connectivity index (χ1n) is 6.66. The van der Waals surface area contributed by atoms with Crippen molar-refractivity contribution in [1.29, 1.82) is 0 Å². The van der Waals surface area contributed by atoms with E-state index in [1.807, 2.05) is 60.7 Å². The number of nitrogens with two attached hydrogens (primary N) is 1. The van der Waals surface area contributed by atoms with Gasteiger partial charge in [-0.05, 0) is 24.0 Å². The van der Waals surface area contributed by atoms with Gasteiger partial charge in [-0.15, -0.1) is 0 Å². The maximum absolute atomic E-state index is 11.1.